The second kappa shape index (κ2) is 4.06. The summed E-state index contributed by atoms with van der Waals surface area (Å²) >= 11 is 0. The molecule has 3 aromatic rings. The molecule has 0 unspecified atom stereocenters. The number of rotatable bonds is 1. The Morgan fingerprint density at radius 3 is 3.20 bits per heavy atom. The van der Waals surface area contributed by atoms with Gasteiger partial charge in [-0.2, -0.15) is 5.16 Å². The third-order valence-corrected chi connectivity index (χ3v) is 3.27. The molecule has 20 heavy (non-hydrogen) atoms. The largest absolute Gasteiger partial charge is 0.378 e. The summed E-state index contributed by atoms with van der Waals surface area (Å²) in [7, 11) is 0. The van der Waals surface area contributed by atoms with Gasteiger partial charge in [-0.05, 0) is 18.2 Å². The van der Waals surface area contributed by atoms with Crippen molar-refractivity contribution in [3.8, 4) is 0 Å². The van der Waals surface area contributed by atoms with Crippen LogP contribution in [-0.2, 0) is 6.54 Å². The van der Waals surface area contributed by atoms with Crippen molar-refractivity contribution in [1.82, 2.24) is 10.1 Å². The molecule has 0 atom stereocenters. The summed E-state index contributed by atoms with van der Waals surface area (Å²) in [6.45, 7) is 0.632. The van der Waals surface area contributed by atoms with Crippen molar-refractivity contribution in [2.45, 2.75) is 6.54 Å². The minimum absolute atomic E-state index is 0.225. The zero-order chi connectivity index (χ0) is 13.5. The van der Waals surface area contributed by atoms with E-state index in [0.717, 1.165) is 22.8 Å². The number of benzene rings is 1. The highest BCUT2D eigenvalue weighted by atomic mass is 16.5. The smallest absolute Gasteiger partial charge is 0.287 e. The number of nitrogens with one attached hydrogen (secondary N) is 2. The van der Waals surface area contributed by atoms with E-state index in [4.69, 9.17) is 4.52 Å². The van der Waals surface area contributed by atoms with Crippen molar-refractivity contribution in [2.75, 3.05) is 5.32 Å². The fourth-order valence-corrected chi connectivity index (χ4v) is 2.28. The van der Waals surface area contributed by atoms with E-state index in [0.29, 0.717) is 17.5 Å². The zero-order valence-electron chi connectivity index (χ0n) is 10.4. The van der Waals surface area contributed by atoms with Crippen LogP contribution in [0.1, 0.15) is 11.3 Å². The summed E-state index contributed by atoms with van der Waals surface area (Å²) in [6.07, 6.45) is 1.75. The van der Waals surface area contributed by atoms with Crippen molar-refractivity contribution in [2.24, 2.45) is 4.99 Å². The van der Waals surface area contributed by atoms with E-state index in [1.807, 2.05) is 18.2 Å². The average Bonchev–Trinajstić information content (AvgIpc) is 3.04. The quantitative estimate of drug-likeness (QED) is 0.704. The number of aromatic nitrogens is 2. The van der Waals surface area contributed by atoms with Crippen LogP contribution in [0.25, 0.3) is 11.0 Å². The Labute approximate surface area is 113 Å². The maximum atomic E-state index is 11.4. The van der Waals surface area contributed by atoms with E-state index >= 15 is 0 Å². The highest BCUT2D eigenvalue weighted by molar-refractivity contribution is 6.09. The summed E-state index contributed by atoms with van der Waals surface area (Å²) in [5, 5.41) is 6.05. The zero-order valence-corrected chi connectivity index (χ0v) is 10.4. The molecule has 0 bridgehead atoms. The van der Waals surface area contributed by atoms with E-state index in [1.165, 1.54) is 0 Å². The SMILES string of the molecule is O=c1[nH]oc2cc(NC3=NCc4cccnc43)ccc12. The van der Waals surface area contributed by atoms with Gasteiger partial charge in [0, 0.05) is 23.5 Å². The molecule has 0 aliphatic carbocycles. The van der Waals surface area contributed by atoms with Gasteiger partial charge in [0.1, 0.15) is 5.69 Å². The summed E-state index contributed by atoms with van der Waals surface area (Å²) in [5.74, 6) is 0.734. The highest BCUT2D eigenvalue weighted by Gasteiger charge is 2.17. The van der Waals surface area contributed by atoms with Crippen molar-refractivity contribution in [1.29, 1.82) is 0 Å². The molecule has 6 nitrogen and oxygen atoms in total. The minimum atomic E-state index is -0.225. The molecule has 0 saturated heterocycles. The van der Waals surface area contributed by atoms with Gasteiger partial charge in [-0.3, -0.25) is 14.8 Å². The maximum Gasteiger partial charge on any atom is 0.287 e. The predicted molar refractivity (Wildman–Crippen MR) is 74.9 cm³/mol. The number of fused-ring (bicyclic) bond motifs is 2. The monoisotopic (exact) mass is 266 g/mol. The predicted octanol–water partition coefficient (Wildman–Crippen LogP) is 1.89. The third kappa shape index (κ3) is 1.62. The summed E-state index contributed by atoms with van der Waals surface area (Å²) in [6, 6.07) is 9.20. The first-order valence-electron chi connectivity index (χ1n) is 6.18. The first-order chi connectivity index (χ1) is 9.81. The van der Waals surface area contributed by atoms with Gasteiger partial charge < -0.3 is 9.84 Å². The molecular weight excluding hydrogens is 256 g/mol. The molecule has 0 saturated carbocycles. The molecule has 3 heterocycles. The molecule has 1 aliphatic heterocycles. The van der Waals surface area contributed by atoms with Crippen LogP contribution in [0.5, 0.6) is 0 Å². The van der Waals surface area contributed by atoms with Crippen LogP contribution in [0.3, 0.4) is 0 Å². The molecule has 0 spiro atoms. The summed E-state index contributed by atoms with van der Waals surface area (Å²) in [4.78, 5) is 20.2. The van der Waals surface area contributed by atoms with Crippen molar-refractivity contribution in [3.63, 3.8) is 0 Å². The van der Waals surface area contributed by atoms with Gasteiger partial charge in [-0.1, -0.05) is 6.07 Å². The Balaban J connectivity index is 1.70. The molecule has 0 radical (unpaired) electrons. The van der Waals surface area contributed by atoms with Crippen LogP contribution >= 0.6 is 0 Å². The Hall–Kier alpha value is -2.89. The maximum absolute atomic E-state index is 11.4. The fraction of sp³-hybridized carbons (Fsp3) is 0.0714. The highest BCUT2D eigenvalue weighted by Crippen LogP contribution is 2.20. The van der Waals surface area contributed by atoms with E-state index in [9.17, 15) is 4.79 Å². The summed E-state index contributed by atoms with van der Waals surface area (Å²) in [5.41, 5.74) is 3.06. The lowest BCUT2D eigenvalue weighted by Gasteiger charge is -2.06. The second-order valence-electron chi connectivity index (χ2n) is 4.55. The lowest BCUT2D eigenvalue weighted by Crippen LogP contribution is -2.13. The Bertz CT molecular complexity index is 891. The Morgan fingerprint density at radius 2 is 2.25 bits per heavy atom. The molecule has 1 aromatic carbocycles. The Morgan fingerprint density at radius 1 is 1.30 bits per heavy atom. The molecule has 2 aromatic heterocycles. The molecule has 0 fully saturated rings. The van der Waals surface area contributed by atoms with E-state index in [-0.39, 0.29) is 5.56 Å². The topological polar surface area (TPSA) is 83.3 Å². The van der Waals surface area contributed by atoms with Gasteiger partial charge in [0.15, 0.2) is 11.4 Å². The first-order valence-corrected chi connectivity index (χ1v) is 6.18. The number of nitrogens with zero attached hydrogens (tertiary/aromatic N) is 2. The van der Waals surface area contributed by atoms with Gasteiger partial charge in [-0.15, -0.1) is 0 Å². The fourth-order valence-electron chi connectivity index (χ4n) is 2.28. The van der Waals surface area contributed by atoms with Crippen LogP contribution in [0.15, 0.2) is 50.8 Å². The first kappa shape index (κ1) is 11.0. The number of aliphatic imine (C=N–C) groups is 1. The number of anilines is 1. The molecule has 0 amide bonds. The molecular formula is C14H10N4O2. The van der Waals surface area contributed by atoms with Gasteiger partial charge >= 0.3 is 0 Å². The van der Waals surface area contributed by atoms with E-state index < -0.39 is 0 Å². The second-order valence-corrected chi connectivity index (χ2v) is 4.55. The number of aromatic amines is 1. The van der Waals surface area contributed by atoms with Gasteiger partial charge in [0.2, 0.25) is 0 Å². The van der Waals surface area contributed by atoms with Crippen LogP contribution in [-0.4, -0.2) is 16.0 Å². The van der Waals surface area contributed by atoms with Crippen molar-refractivity contribution < 1.29 is 4.52 Å². The van der Waals surface area contributed by atoms with Crippen molar-refractivity contribution >= 4 is 22.5 Å². The lowest BCUT2D eigenvalue weighted by atomic mass is 10.2. The normalized spacial score (nSPS) is 13.3. The van der Waals surface area contributed by atoms with Gasteiger partial charge in [0.05, 0.1) is 11.9 Å². The van der Waals surface area contributed by atoms with E-state index in [1.54, 1.807) is 18.3 Å². The average molecular weight is 266 g/mol. The van der Waals surface area contributed by atoms with Crippen LogP contribution < -0.4 is 10.9 Å². The number of hydrogen-bond acceptors (Lipinski definition) is 5. The van der Waals surface area contributed by atoms with Gasteiger partial charge in [0.25, 0.3) is 5.56 Å². The molecule has 1 aliphatic rings. The molecule has 2 N–H and O–H groups in total. The van der Waals surface area contributed by atoms with E-state index in [2.05, 4.69) is 20.4 Å². The molecule has 4 rings (SSSR count). The minimum Gasteiger partial charge on any atom is -0.378 e. The lowest BCUT2D eigenvalue weighted by molar-refractivity contribution is 0.449. The Kier molecular flexibility index (Phi) is 2.23. The summed E-state index contributed by atoms with van der Waals surface area (Å²) < 4.78 is 5.09. The van der Waals surface area contributed by atoms with Crippen LogP contribution in [0.2, 0.25) is 0 Å². The standard InChI is InChI=1S/C14H10N4O2/c19-14-10-4-3-9(6-11(10)20-18-14)17-13-12-8(7-16-13)2-1-5-15-12/h1-6H,7H2,(H,16,17)(H,18,19). The number of H-pyrrole nitrogens is 1. The van der Waals surface area contributed by atoms with Gasteiger partial charge in [-0.25, -0.2) is 0 Å². The third-order valence-electron chi connectivity index (χ3n) is 3.27. The molecule has 98 valence electrons. The van der Waals surface area contributed by atoms with Crippen molar-refractivity contribution in [3.05, 3.63) is 58.1 Å². The number of pyridine rings is 1. The molecule has 6 heteroatoms. The number of hydrogen-bond donors (Lipinski definition) is 2. The number of amidine groups is 1. The van der Waals surface area contributed by atoms with Crippen LogP contribution in [0, 0.1) is 0 Å². The van der Waals surface area contributed by atoms with Crippen LogP contribution in [0.4, 0.5) is 5.69 Å².